The summed E-state index contributed by atoms with van der Waals surface area (Å²) in [5.41, 5.74) is 0. The molecule has 6 heteroatoms. The largest absolute Gasteiger partial charge is 0.229 e. The maximum Gasteiger partial charge on any atom is 0.144 e. The molecule has 1 heterocycles. The molecule has 10 heavy (non-hydrogen) atoms. The molecule has 0 N–H and O–H groups in total. The second kappa shape index (κ2) is 4.35. The number of sulfone groups is 1. The molecular formula is C4H8N2O2S2. The molecule has 1 aromatic rings. The Morgan fingerprint density at radius 3 is 2.00 bits per heavy atom. The van der Waals surface area contributed by atoms with Crippen molar-refractivity contribution in [2.45, 2.75) is 0 Å². The Morgan fingerprint density at radius 2 is 1.90 bits per heavy atom. The molecule has 0 saturated carbocycles. The van der Waals surface area contributed by atoms with Crippen LogP contribution >= 0.6 is 11.5 Å². The molecule has 4 nitrogen and oxygen atoms in total. The molecule has 0 aliphatic rings. The zero-order valence-electron chi connectivity index (χ0n) is 5.68. The maximum atomic E-state index is 9.63. The van der Waals surface area contributed by atoms with E-state index >= 15 is 0 Å². The minimum atomic E-state index is -2.67. The predicted molar refractivity (Wildman–Crippen MR) is 40.7 cm³/mol. The number of nitrogens with zero attached hydrogens (tertiary/aromatic N) is 2. The van der Waals surface area contributed by atoms with Gasteiger partial charge in [0.05, 0.1) is 6.20 Å². The maximum absolute atomic E-state index is 9.63. The van der Waals surface area contributed by atoms with E-state index in [2.05, 4.69) is 9.59 Å². The summed E-state index contributed by atoms with van der Waals surface area (Å²) >= 11 is 1.35. The second-order valence-corrected chi connectivity index (χ2v) is 4.66. The van der Waals surface area contributed by atoms with Crippen molar-refractivity contribution in [3.05, 3.63) is 11.6 Å². The van der Waals surface area contributed by atoms with E-state index in [0.29, 0.717) is 0 Å². The average molecular weight is 180 g/mol. The summed E-state index contributed by atoms with van der Waals surface area (Å²) < 4.78 is 22.8. The Morgan fingerprint density at radius 1 is 1.40 bits per heavy atom. The van der Waals surface area contributed by atoms with Gasteiger partial charge in [-0.15, -0.1) is 5.10 Å². The molecule has 0 unspecified atom stereocenters. The van der Waals surface area contributed by atoms with Crippen LogP contribution in [0.15, 0.2) is 11.6 Å². The molecule has 0 saturated heterocycles. The Labute approximate surface area is 64.0 Å². The monoisotopic (exact) mass is 180 g/mol. The average Bonchev–Trinajstić information content (AvgIpc) is 2.07. The van der Waals surface area contributed by atoms with Crippen LogP contribution in [0, 0.1) is 0 Å². The predicted octanol–water partition coefficient (Wildman–Crippen LogP) is 0.199. The summed E-state index contributed by atoms with van der Waals surface area (Å²) in [6.07, 6.45) is 3.98. The van der Waals surface area contributed by atoms with E-state index in [1.165, 1.54) is 11.5 Å². The summed E-state index contributed by atoms with van der Waals surface area (Å²) in [6, 6.07) is 0. The van der Waals surface area contributed by atoms with Crippen LogP contribution in [0.3, 0.4) is 0 Å². The lowest BCUT2D eigenvalue weighted by atomic mass is 11.1. The first-order valence-corrected chi connectivity index (χ1v) is 5.50. The van der Waals surface area contributed by atoms with Crippen LogP contribution < -0.4 is 0 Å². The molecule has 0 aliphatic carbocycles. The summed E-state index contributed by atoms with van der Waals surface area (Å²) in [4.78, 5) is 0. The standard InChI is InChI=1S/C2H2N2S.C2H6O2S/c1-2-5-4-3-1;1-5(2,3)4/h1-2H;1-2H3. The van der Waals surface area contributed by atoms with Crippen LogP contribution in [0.1, 0.15) is 0 Å². The van der Waals surface area contributed by atoms with Gasteiger partial charge in [-0.05, 0) is 11.5 Å². The van der Waals surface area contributed by atoms with Crippen molar-refractivity contribution >= 4 is 21.4 Å². The van der Waals surface area contributed by atoms with Crippen molar-refractivity contribution in [3.63, 3.8) is 0 Å². The lowest BCUT2D eigenvalue weighted by Gasteiger charge is -1.69. The molecule has 0 aromatic carbocycles. The number of aromatic nitrogens is 2. The van der Waals surface area contributed by atoms with Gasteiger partial charge in [0.25, 0.3) is 0 Å². The fraction of sp³-hybridized carbons (Fsp3) is 0.500. The highest BCUT2D eigenvalue weighted by Gasteiger charge is 1.79. The molecule has 0 aliphatic heterocycles. The summed E-state index contributed by atoms with van der Waals surface area (Å²) in [7, 11) is -2.67. The van der Waals surface area contributed by atoms with E-state index in [0.717, 1.165) is 12.5 Å². The van der Waals surface area contributed by atoms with Crippen molar-refractivity contribution < 1.29 is 8.42 Å². The molecule has 1 aromatic heterocycles. The molecule has 0 atom stereocenters. The van der Waals surface area contributed by atoms with Gasteiger partial charge < -0.3 is 0 Å². The Bertz CT molecular complexity index is 215. The molecular weight excluding hydrogens is 172 g/mol. The fourth-order valence-corrected chi connectivity index (χ4v) is 0.408. The van der Waals surface area contributed by atoms with E-state index < -0.39 is 9.84 Å². The third kappa shape index (κ3) is 15.6. The quantitative estimate of drug-likeness (QED) is 0.572. The van der Waals surface area contributed by atoms with Gasteiger partial charge >= 0.3 is 0 Å². The van der Waals surface area contributed by atoms with Gasteiger partial charge in [0.2, 0.25) is 0 Å². The first kappa shape index (κ1) is 9.51. The van der Waals surface area contributed by atoms with Crippen LogP contribution in [0.4, 0.5) is 0 Å². The second-order valence-electron chi connectivity index (χ2n) is 1.73. The van der Waals surface area contributed by atoms with Crippen molar-refractivity contribution in [1.82, 2.24) is 9.59 Å². The van der Waals surface area contributed by atoms with E-state index in [1.807, 2.05) is 5.38 Å². The SMILES string of the molecule is CS(C)(=O)=O.c1csnn1. The Hall–Kier alpha value is -0.490. The fourth-order valence-electron chi connectivity index (χ4n) is 0.136. The molecule has 0 bridgehead atoms. The van der Waals surface area contributed by atoms with E-state index in [-0.39, 0.29) is 0 Å². The van der Waals surface area contributed by atoms with Crippen LogP contribution in [0.2, 0.25) is 0 Å². The van der Waals surface area contributed by atoms with Gasteiger partial charge in [0.1, 0.15) is 9.84 Å². The van der Waals surface area contributed by atoms with E-state index in [4.69, 9.17) is 0 Å². The Balaban J connectivity index is 0.000000162. The first-order chi connectivity index (χ1) is 4.50. The number of hydrogen-bond acceptors (Lipinski definition) is 5. The van der Waals surface area contributed by atoms with Crippen molar-refractivity contribution in [3.8, 4) is 0 Å². The topological polar surface area (TPSA) is 59.9 Å². The number of rotatable bonds is 0. The van der Waals surface area contributed by atoms with Crippen molar-refractivity contribution in [2.75, 3.05) is 12.5 Å². The molecule has 58 valence electrons. The van der Waals surface area contributed by atoms with Gasteiger partial charge in [0.15, 0.2) is 0 Å². The highest BCUT2D eigenvalue weighted by atomic mass is 32.2. The molecule has 0 fully saturated rings. The van der Waals surface area contributed by atoms with Gasteiger partial charge in [-0.1, -0.05) is 4.49 Å². The number of hydrogen-bond donors (Lipinski definition) is 0. The minimum absolute atomic E-state index is 1.16. The Kier molecular flexibility index (Phi) is 4.13. The summed E-state index contributed by atoms with van der Waals surface area (Å²) in [6.45, 7) is 0. The van der Waals surface area contributed by atoms with E-state index in [9.17, 15) is 8.42 Å². The first-order valence-electron chi connectivity index (χ1n) is 2.36. The molecule has 1 rings (SSSR count). The lowest BCUT2D eigenvalue weighted by Crippen LogP contribution is -1.86. The van der Waals surface area contributed by atoms with Crippen LogP contribution in [-0.4, -0.2) is 30.5 Å². The van der Waals surface area contributed by atoms with Gasteiger partial charge in [-0.25, -0.2) is 8.42 Å². The van der Waals surface area contributed by atoms with Crippen molar-refractivity contribution in [2.24, 2.45) is 0 Å². The third-order valence-electron chi connectivity index (χ3n) is 0.283. The highest BCUT2D eigenvalue weighted by molar-refractivity contribution is 7.89. The zero-order valence-corrected chi connectivity index (χ0v) is 7.32. The minimum Gasteiger partial charge on any atom is -0.229 e. The molecule has 0 radical (unpaired) electrons. The zero-order chi connectivity index (χ0) is 8.04. The highest BCUT2D eigenvalue weighted by Crippen LogP contribution is 1.78. The summed E-state index contributed by atoms with van der Waals surface area (Å²) in [5.74, 6) is 0. The van der Waals surface area contributed by atoms with E-state index in [1.54, 1.807) is 6.20 Å². The normalized spacial score (nSPS) is 9.80. The van der Waals surface area contributed by atoms with Gasteiger partial charge in [-0.2, -0.15) is 0 Å². The van der Waals surface area contributed by atoms with Gasteiger partial charge in [0, 0.05) is 17.9 Å². The third-order valence-corrected chi connectivity index (χ3v) is 0.715. The summed E-state index contributed by atoms with van der Waals surface area (Å²) in [5, 5.41) is 5.31. The smallest absolute Gasteiger partial charge is 0.144 e. The molecule has 0 amide bonds. The lowest BCUT2D eigenvalue weighted by molar-refractivity contribution is 0.607. The van der Waals surface area contributed by atoms with Crippen molar-refractivity contribution in [1.29, 1.82) is 0 Å². The molecule has 0 spiro atoms. The van der Waals surface area contributed by atoms with Gasteiger partial charge in [-0.3, -0.25) is 0 Å². The van der Waals surface area contributed by atoms with Crippen LogP contribution in [0.5, 0.6) is 0 Å². The van der Waals surface area contributed by atoms with Crippen LogP contribution in [0.25, 0.3) is 0 Å². The van der Waals surface area contributed by atoms with Crippen LogP contribution in [-0.2, 0) is 9.84 Å².